The lowest BCUT2D eigenvalue weighted by Gasteiger charge is -2.20. The van der Waals surface area contributed by atoms with Crippen LogP contribution in [-0.4, -0.2) is 47.5 Å². The maximum absolute atomic E-state index is 12.1. The van der Waals surface area contributed by atoms with Crippen molar-refractivity contribution in [1.82, 2.24) is 0 Å². The fraction of sp³-hybridized carbons (Fsp3) is 0.429. The first-order chi connectivity index (χ1) is 10.5. The van der Waals surface area contributed by atoms with Crippen molar-refractivity contribution in [3.05, 3.63) is 17.2 Å². The Morgan fingerprint density at radius 3 is 1.95 bits per heavy atom. The molecular weight excluding hydrogens is 360 g/mol. The lowest BCUT2D eigenvalue weighted by Crippen LogP contribution is -2.16. The number of esters is 2. The van der Waals surface area contributed by atoms with E-state index in [9.17, 15) is 9.59 Å². The molecule has 1 aromatic carbocycles. The van der Waals surface area contributed by atoms with Crippen LogP contribution < -0.4 is 14.2 Å². The van der Waals surface area contributed by atoms with Crippen LogP contribution in [0.2, 0.25) is 0 Å². The second-order valence-electron chi connectivity index (χ2n) is 3.98. The molecule has 8 heteroatoms. The average Bonchev–Trinajstić information content (AvgIpc) is 2.57. The smallest absolute Gasteiger partial charge is 0.342 e. The largest absolute Gasteiger partial charge is 0.496 e. The highest BCUT2D eigenvalue weighted by Crippen LogP contribution is 2.45. The van der Waals surface area contributed by atoms with Crippen LogP contribution in [0, 0.1) is 0 Å². The summed E-state index contributed by atoms with van der Waals surface area (Å²) in [5.41, 5.74) is 0.257. The van der Waals surface area contributed by atoms with E-state index < -0.39 is 16.8 Å². The van der Waals surface area contributed by atoms with Gasteiger partial charge in [-0.25, -0.2) is 4.79 Å². The summed E-state index contributed by atoms with van der Waals surface area (Å²) in [4.78, 5) is 23.0. The fourth-order valence-corrected chi connectivity index (χ4v) is 2.56. The Kier molecular flexibility index (Phi) is 6.48. The maximum atomic E-state index is 12.1. The van der Waals surface area contributed by atoms with Crippen LogP contribution in [0.4, 0.5) is 0 Å². The van der Waals surface area contributed by atoms with E-state index in [2.05, 4.69) is 15.9 Å². The van der Waals surface area contributed by atoms with Crippen molar-refractivity contribution in [2.75, 3.05) is 35.5 Å². The predicted molar refractivity (Wildman–Crippen MR) is 81.1 cm³/mol. The van der Waals surface area contributed by atoms with Crippen molar-refractivity contribution in [3.8, 4) is 17.2 Å². The van der Waals surface area contributed by atoms with Crippen LogP contribution in [0.1, 0.15) is 20.7 Å². The van der Waals surface area contributed by atoms with Crippen molar-refractivity contribution in [3.63, 3.8) is 0 Å². The molecule has 22 heavy (non-hydrogen) atoms. The molecule has 0 saturated carbocycles. The molecule has 1 unspecified atom stereocenters. The number of ether oxygens (including phenoxy) is 5. The van der Waals surface area contributed by atoms with E-state index in [1.54, 1.807) is 0 Å². The summed E-state index contributed by atoms with van der Waals surface area (Å²) in [5.74, 6) is -0.598. The van der Waals surface area contributed by atoms with E-state index in [1.807, 2.05) is 0 Å². The molecule has 0 aromatic heterocycles. The Morgan fingerprint density at radius 1 is 0.955 bits per heavy atom. The summed E-state index contributed by atoms with van der Waals surface area (Å²) in [5, 5.41) is 0. The summed E-state index contributed by atoms with van der Waals surface area (Å²) < 4.78 is 25.2. The molecule has 1 atom stereocenters. The number of rotatable bonds is 6. The van der Waals surface area contributed by atoms with E-state index in [1.165, 1.54) is 41.6 Å². The van der Waals surface area contributed by atoms with E-state index in [0.29, 0.717) is 5.75 Å². The third-order valence-corrected chi connectivity index (χ3v) is 3.77. The van der Waals surface area contributed by atoms with Gasteiger partial charge >= 0.3 is 11.9 Å². The number of hydrogen-bond acceptors (Lipinski definition) is 7. The molecule has 1 rings (SSSR count). The number of methoxy groups -OCH3 is 5. The fourth-order valence-electron chi connectivity index (χ4n) is 1.93. The summed E-state index contributed by atoms with van der Waals surface area (Å²) >= 11 is 3.20. The number of carbonyl (C=O) groups is 2. The van der Waals surface area contributed by atoms with Crippen molar-refractivity contribution < 1.29 is 33.3 Å². The van der Waals surface area contributed by atoms with Gasteiger partial charge in [-0.1, -0.05) is 15.9 Å². The second-order valence-corrected chi connectivity index (χ2v) is 4.90. The van der Waals surface area contributed by atoms with Gasteiger partial charge < -0.3 is 23.7 Å². The van der Waals surface area contributed by atoms with Crippen LogP contribution >= 0.6 is 15.9 Å². The van der Waals surface area contributed by atoms with Gasteiger partial charge in [-0.3, -0.25) is 4.79 Å². The first-order valence-electron chi connectivity index (χ1n) is 6.09. The van der Waals surface area contributed by atoms with Crippen molar-refractivity contribution in [1.29, 1.82) is 0 Å². The molecule has 0 bridgehead atoms. The highest BCUT2D eigenvalue weighted by molar-refractivity contribution is 9.09. The number of hydrogen-bond donors (Lipinski definition) is 0. The van der Waals surface area contributed by atoms with Crippen LogP contribution in [0.25, 0.3) is 0 Å². The highest BCUT2D eigenvalue weighted by Gasteiger charge is 2.33. The average molecular weight is 377 g/mol. The molecule has 122 valence electrons. The van der Waals surface area contributed by atoms with Gasteiger partial charge in [0, 0.05) is 11.6 Å². The molecule has 0 heterocycles. The van der Waals surface area contributed by atoms with Crippen molar-refractivity contribution in [2.24, 2.45) is 0 Å². The van der Waals surface area contributed by atoms with Gasteiger partial charge in [0.25, 0.3) is 0 Å². The normalized spacial score (nSPS) is 11.4. The lowest BCUT2D eigenvalue weighted by molar-refractivity contribution is -0.139. The molecule has 0 N–H and O–H groups in total. The number of benzene rings is 1. The molecule has 0 radical (unpaired) electrons. The summed E-state index contributed by atoms with van der Waals surface area (Å²) in [6.45, 7) is 0. The summed E-state index contributed by atoms with van der Waals surface area (Å²) in [7, 11) is 6.67. The van der Waals surface area contributed by atoms with Gasteiger partial charge in [0.2, 0.25) is 0 Å². The molecule has 0 amide bonds. The van der Waals surface area contributed by atoms with E-state index in [0.717, 1.165) is 0 Å². The third-order valence-electron chi connectivity index (χ3n) is 2.94. The van der Waals surface area contributed by atoms with E-state index in [4.69, 9.17) is 23.7 Å². The molecular formula is C14H17BrO7. The van der Waals surface area contributed by atoms with Crippen molar-refractivity contribution >= 4 is 27.9 Å². The Morgan fingerprint density at radius 2 is 1.55 bits per heavy atom. The molecule has 0 aliphatic heterocycles. The minimum Gasteiger partial charge on any atom is -0.496 e. The van der Waals surface area contributed by atoms with E-state index >= 15 is 0 Å². The molecule has 7 nitrogen and oxygen atoms in total. The first kappa shape index (κ1) is 18.1. The molecule has 0 saturated heterocycles. The molecule has 1 aromatic rings. The lowest BCUT2D eigenvalue weighted by atomic mass is 10.0. The van der Waals surface area contributed by atoms with Crippen LogP contribution in [-0.2, 0) is 14.3 Å². The van der Waals surface area contributed by atoms with Crippen LogP contribution in [0.5, 0.6) is 17.2 Å². The zero-order chi connectivity index (χ0) is 16.9. The van der Waals surface area contributed by atoms with E-state index in [-0.39, 0.29) is 22.6 Å². The Bertz CT molecular complexity index is 571. The van der Waals surface area contributed by atoms with Gasteiger partial charge in [0.05, 0.1) is 35.5 Å². The second kappa shape index (κ2) is 7.88. The Labute approximate surface area is 136 Å². The van der Waals surface area contributed by atoms with Crippen LogP contribution in [0.15, 0.2) is 6.07 Å². The minimum atomic E-state index is -0.967. The Hall–Kier alpha value is -1.96. The summed E-state index contributed by atoms with van der Waals surface area (Å²) in [6, 6.07) is 1.48. The zero-order valence-corrected chi connectivity index (χ0v) is 14.5. The summed E-state index contributed by atoms with van der Waals surface area (Å²) in [6.07, 6.45) is 0. The van der Waals surface area contributed by atoms with Crippen molar-refractivity contribution in [2.45, 2.75) is 4.83 Å². The topological polar surface area (TPSA) is 80.3 Å². The Balaban J connectivity index is 3.78. The SMILES string of the molecule is COC(=O)c1c(OC)cc(OC)c(OC)c1C(Br)C(=O)OC. The first-order valence-corrected chi connectivity index (χ1v) is 7.01. The standard InChI is InChI=1S/C14H17BrO7/c1-18-7-6-8(19-2)12(20-3)10(9(7)13(16)21-4)11(15)14(17)22-5/h6,11H,1-5H3. The van der Waals surface area contributed by atoms with Gasteiger partial charge in [-0.2, -0.15) is 0 Å². The van der Waals surface area contributed by atoms with Crippen LogP contribution in [0.3, 0.4) is 0 Å². The van der Waals surface area contributed by atoms with Gasteiger partial charge in [0.15, 0.2) is 11.5 Å². The number of halogens is 1. The molecule has 0 fully saturated rings. The molecule has 0 spiro atoms. The van der Waals surface area contributed by atoms with Gasteiger partial charge in [-0.15, -0.1) is 0 Å². The van der Waals surface area contributed by atoms with Gasteiger partial charge in [-0.05, 0) is 0 Å². The maximum Gasteiger partial charge on any atom is 0.342 e. The zero-order valence-electron chi connectivity index (χ0n) is 12.9. The minimum absolute atomic E-state index is 0.0509. The monoisotopic (exact) mass is 376 g/mol. The highest BCUT2D eigenvalue weighted by atomic mass is 79.9. The quantitative estimate of drug-likeness (QED) is 0.555. The third kappa shape index (κ3) is 3.27. The predicted octanol–water partition coefficient (Wildman–Crippen LogP) is 2.11. The number of alkyl halides is 1. The molecule has 0 aliphatic carbocycles. The molecule has 0 aliphatic rings. The number of carbonyl (C=O) groups excluding carboxylic acids is 2. The van der Waals surface area contributed by atoms with Gasteiger partial charge in [0.1, 0.15) is 16.1 Å².